The largest absolute Gasteiger partial charge is 0.493 e. The van der Waals surface area contributed by atoms with Gasteiger partial charge in [-0.1, -0.05) is 18.2 Å². The molecule has 0 fully saturated rings. The van der Waals surface area contributed by atoms with Gasteiger partial charge in [0.05, 0.1) is 19.1 Å². The van der Waals surface area contributed by atoms with Crippen molar-refractivity contribution in [2.24, 2.45) is 0 Å². The molecule has 1 aliphatic carbocycles. The van der Waals surface area contributed by atoms with Crippen LogP contribution in [0.3, 0.4) is 0 Å². The minimum Gasteiger partial charge on any atom is -0.493 e. The van der Waals surface area contributed by atoms with Crippen LogP contribution in [-0.4, -0.2) is 29.2 Å². The Morgan fingerprint density at radius 2 is 1.80 bits per heavy atom. The number of aryl methyl sites for hydroxylation is 2. The first-order chi connectivity index (χ1) is 12.0. The third-order valence-corrected chi connectivity index (χ3v) is 6.33. The number of rotatable bonds is 6. The van der Waals surface area contributed by atoms with Crippen LogP contribution in [0, 0.1) is 6.92 Å². The maximum absolute atomic E-state index is 12.6. The van der Waals surface area contributed by atoms with Gasteiger partial charge in [-0.05, 0) is 60.6 Å². The summed E-state index contributed by atoms with van der Waals surface area (Å²) in [4.78, 5) is 0.334. The smallest absolute Gasteiger partial charge is 0.240 e. The van der Waals surface area contributed by atoms with Crippen molar-refractivity contribution in [1.82, 2.24) is 4.72 Å². The number of fused-ring (bicyclic) bond motifs is 1. The van der Waals surface area contributed by atoms with E-state index >= 15 is 0 Å². The standard InChI is InChI=1S/C19H23NO4S/c1-13-6-4-5-7-19(13)25(21,22)20-12-15-9-8-14-10-17(23-2)18(24-3)11-16(14)15/h4-7,10-11,15,20H,8-9,12H2,1-3H3. The second kappa shape index (κ2) is 7.06. The lowest BCUT2D eigenvalue weighted by Crippen LogP contribution is -2.28. The van der Waals surface area contributed by atoms with Crippen LogP contribution in [0.1, 0.15) is 29.0 Å². The fraction of sp³-hybridized carbons (Fsp3) is 0.368. The van der Waals surface area contributed by atoms with E-state index in [2.05, 4.69) is 4.72 Å². The number of ether oxygens (including phenoxy) is 2. The van der Waals surface area contributed by atoms with Gasteiger partial charge in [-0.15, -0.1) is 0 Å². The van der Waals surface area contributed by atoms with E-state index in [1.807, 2.05) is 18.2 Å². The zero-order chi connectivity index (χ0) is 18.0. The Balaban J connectivity index is 1.80. The Morgan fingerprint density at radius 1 is 1.12 bits per heavy atom. The predicted molar refractivity (Wildman–Crippen MR) is 97.0 cm³/mol. The first kappa shape index (κ1) is 17.8. The minimum atomic E-state index is -3.52. The van der Waals surface area contributed by atoms with Crippen LogP contribution in [0.15, 0.2) is 41.3 Å². The Bertz CT molecular complexity index is 877. The average Bonchev–Trinajstić information content (AvgIpc) is 3.01. The van der Waals surface area contributed by atoms with Crippen molar-refractivity contribution in [1.29, 1.82) is 0 Å². The molecule has 134 valence electrons. The van der Waals surface area contributed by atoms with E-state index in [4.69, 9.17) is 9.47 Å². The molecule has 1 N–H and O–H groups in total. The molecule has 1 unspecified atom stereocenters. The zero-order valence-corrected chi connectivity index (χ0v) is 15.5. The Kier molecular flexibility index (Phi) is 5.01. The maximum Gasteiger partial charge on any atom is 0.240 e. The van der Waals surface area contributed by atoms with Crippen molar-refractivity contribution in [2.45, 2.75) is 30.6 Å². The van der Waals surface area contributed by atoms with E-state index in [1.165, 1.54) is 5.56 Å². The highest BCUT2D eigenvalue weighted by atomic mass is 32.2. The van der Waals surface area contributed by atoms with Crippen molar-refractivity contribution in [3.63, 3.8) is 0 Å². The predicted octanol–water partition coefficient (Wildman–Crippen LogP) is 3.02. The molecular weight excluding hydrogens is 338 g/mol. The number of benzene rings is 2. The molecule has 0 saturated heterocycles. The van der Waals surface area contributed by atoms with Gasteiger partial charge < -0.3 is 9.47 Å². The van der Waals surface area contributed by atoms with E-state index in [9.17, 15) is 8.42 Å². The molecule has 0 aromatic heterocycles. The Labute approximate surface area is 149 Å². The van der Waals surface area contributed by atoms with Gasteiger partial charge in [-0.2, -0.15) is 0 Å². The van der Waals surface area contributed by atoms with Gasteiger partial charge in [0.25, 0.3) is 0 Å². The zero-order valence-electron chi connectivity index (χ0n) is 14.7. The lowest BCUT2D eigenvalue weighted by atomic mass is 10.0. The SMILES string of the molecule is COc1cc2c(cc1OC)C(CNS(=O)(=O)c1ccccc1C)CC2. The van der Waals surface area contributed by atoms with Crippen molar-refractivity contribution in [3.8, 4) is 11.5 Å². The number of methoxy groups -OCH3 is 2. The van der Waals surface area contributed by atoms with Gasteiger partial charge in [0.15, 0.2) is 11.5 Å². The first-order valence-electron chi connectivity index (χ1n) is 8.26. The summed E-state index contributed by atoms with van der Waals surface area (Å²) in [5.41, 5.74) is 3.07. The third kappa shape index (κ3) is 3.50. The molecule has 0 radical (unpaired) electrons. The van der Waals surface area contributed by atoms with Crippen LogP contribution >= 0.6 is 0 Å². The number of nitrogens with one attached hydrogen (secondary N) is 1. The molecule has 2 aromatic rings. The molecular formula is C19H23NO4S. The van der Waals surface area contributed by atoms with Crippen LogP contribution < -0.4 is 14.2 Å². The second-order valence-electron chi connectivity index (χ2n) is 6.26. The Morgan fingerprint density at radius 3 is 2.48 bits per heavy atom. The molecule has 2 aromatic carbocycles. The van der Waals surface area contributed by atoms with Gasteiger partial charge in [0.2, 0.25) is 10.0 Å². The molecule has 0 aliphatic heterocycles. The molecule has 0 saturated carbocycles. The summed E-state index contributed by atoms with van der Waals surface area (Å²) in [6.07, 6.45) is 1.81. The highest BCUT2D eigenvalue weighted by molar-refractivity contribution is 7.89. The highest BCUT2D eigenvalue weighted by Crippen LogP contribution is 2.40. The molecule has 0 amide bonds. The highest BCUT2D eigenvalue weighted by Gasteiger charge is 2.27. The second-order valence-corrected chi connectivity index (χ2v) is 7.99. The molecule has 0 bridgehead atoms. The van der Waals surface area contributed by atoms with E-state index < -0.39 is 10.0 Å². The van der Waals surface area contributed by atoms with Crippen molar-refractivity contribution >= 4 is 10.0 Å². The van der Waals surface area contributed by atoms with Gasteiger partial charge in [0.1, 0.15) is 0 Å². The average molecular weight is 361 g/mol. The molecule has 0 heterocycles. The number of hydrogen-bond donors (Lipinski definition) is 1. The molecule has 25 heavy (non-hydrogen) atoms. The van der Waals surface area contributed by atoms with Crippen LogP contribution in [0.5, 0.6) is 11.5 Å². The molecule has 6 heteroatoms. The quantitative estimate of drug-likeness (QED) is 0.859. The van der Waals surface area contributed by atoms with Crippen LogP contribution in [-0.2, 0) is 16.4 Å². The van der Waals surface area contributed by atoms with Crippen molar-refractivity contribution in [2.75, 3.05) is 20.8 Å². The number of hydrogen-bond acceptors (Lipinski definition) is 4. The fourth-order valence-corrected chi connectivity index (χ4v) is 4.70. The minimum absolute atomic E-state index is 0.133. The van der Waals surface area contributed by atoms with E-state index in [-0.39, 0.29) is 5.92 Å². The van der Waals surface area contributed by atoms with Crippen LogP contribution in [0.2, 0.25) is 0 Å². The maximum atomic E-state index is 12.6. The molecule has 1 atom stereocenters. The molecule has 0 spiro atoms. The third-order valence-electron chi connectivity index (χ3n) is 4.75. The summed E-state index contributed by atoms with van der Waals surface area (Å²) in [7, 11) is -0.291. The number of sulfonamides is 1. The summed E-state index contributed by atoms with van der Waals surface area (Å²) < 4.78 is 38.7. The lowest BCUT2D eigenvalue weighted by Gasteiger charge is -2.16. The van der Waals surface area contributed by atoms with E-state index in [0.717, 1.165) is 24.0 Å². The van der Waals surface area contributed by atoms with Crippen LogP contribution in [0.4, 0.5) is 0 Å². The van der Waals surface area contributed by atoms with Gasteiger partial charge in [0, 0.05) is 6.54 Å². The molecule has 3 rings (SSSR count). The summed E-state index contributed by atoms with van der Waals surface area (Å²) in [5.74, 6) is 1.52. The van der Waals surface area contributed by atoms with Crippen molar-refractivity contribution < 1.29 is 17.9 Å². The normalized spacial score (nSPS) is 16.5. The summed E-state index contributed by atoms with van der Waals surface area (Å²) >= 11 is 0. The van der Waals surface area contributed by atoms with E-state index in [0.29, 0.717) is 22.9 Å². The fourth-order valence-electron chi connectivity index (χ4n) is 3.38. The first-order valence-corrected chi connectivity index (χ1v) is 9.74. The lowest BCUT2D eigenvalue weighted by molar-refractivity contribution is 0.354. The topological polar surface area (TPSA) is 64.6 Å². The van der Waals surface area contributed by atoms with Crippen molar-refractivity contribution in [3.05, 3.63) is 53.1 Å². The molecule has 1 aliphatic rings. The van der Waals surface area contributed by atoms with Gasteiger partial charge >= 0.3 is 0 Å². The summed E-state index contributed by atoms with van der Waals surface area (Å²) in [5, 5.41) is 0. The van der Waals surface area contributed by atoms with Gasteiger partial charge in [-0.25, -0.2) is 13.1 Å². The molecule has 5 nitrogen and oxygen atoms in total. The Hall–Kier alpha value is -2.05. The monoisotopic (exact) mass is 361 g/mol. The van der Waals surface area contributed by atoms with E-state index in [1.54, 1.807) is 39.3 Å². The van der Waals surface area contributed by atoms with Gasteiger partial charge in [-0.3, -0.25) is 0 Å². The summed E-state index contributed by atoms with van der Waals surface area (Å²) in [6.45, 7) is 2.18. The van der Waals surface area contributed by atoms with Crippen LogP contribution in [0.25, 0.3) is 0 Å². The summed E-state index contributed by atoms with van der Waals surface area (Å²) in [6, 6.07) is 11.0.